The van der Waals surface area contributed by atoms with E-state index in [1.165, 1.54) is 9.75 Å². The molecule has 1 heterocycles. The lowest BCUT2D eigenvalue weighted by Crippen LogP contribution is -2.10. The maximum Gasteiger partial charge on any atom is 0.122 e. The molecule has 3 N–H and O–H groups in total. The molecule has 0 unspecified atom stereocenters. The molecule has 2 nitrogen and oxygen atoms in total. The Morgan fingerprint density at radius 1 is 0.810 bits per heavy atom. The van der Waals surface area contributed by atoms with E-state index in [0.29, 0.717) is 0 Å². The van der Waals surface area contributed by atoms with Gasteiger partial charge in [0.1, 0.15) is 5.84 Å². The van der Waals surface area contributed by atoms with Gasteiger partial charge in [-0.25, -0.2) is 0 Å². The molecule has 0 aliphatic rings. The summed E-state index contributed by atoms with van der Waals surface area (Å²) in [5, 5.41) is 8.16. The van der Waals surface area contributed by atoms with Crippen molar-refractivity contribution in [2.75, 3.05) is 0 Å². The fourth-order valence-corrected chi connectivity index (χ4v) is 3.22. The van der Waals surface area contributed by atoms with E-state index in [1.54, 1.807) is 11.3 Å². The van der Waals surface area contributed by atoms with Gasteiger partial charge >= 0.3 is 0 Å². The van der Waals surface area contributed by atoms with Gasteiger partial charge in [-0.2, -0.15) is 0 Å². The number of nitrogens with one attached hydrogen (secondary N) is 1. The summed E-state index contributed by atoms with van der Waals surface area (Å²) in [5.41, 5.74) is 8.51. The average molecular weight is 313 g/mol. The highest BCUT2D eigenvalue weighted by Crippen LogP contribution is 2.34. The van der Waals surface area contributed by atoms with Gasteiger partial charge in [-0.1, -0.05) is 48.0 Å². The van der Waals surface area contributed by atoms with Crippen LogP contribution in [0.2, 0.25) is 5.02 Å². The summed E-state index contributed by atoms with van der Waals surface area (Å²) < 4.78 is 0. The first-order valence-corrected chi connectivity index (χ1v) is 7.63. The van der Waals surface area contributed by atoms with Crippen LogP contribution < -0.4 is 5.73 Å². The van der Waals surface area contributed by atoms with Crippen molar-refractivity contribution in [2.24, 2.45) is 5.73 Å². The number of hydrogen-bond donors (Lipinski definition) is 2. The van der Waals surface area contributed by atoms with Gasteiger partial charge in [-0.05, 0) is 35.4 Å². The van der Waals surface area contributed by atoms with E-state index in [9.17, 15) is 0 Å². The van der Waals surface area contributed by atoms with Gasteiger partial charge < -0.3 is 5.73 Å². The van der Waals surface area contributed by atoms with Crippen molar-refractivity contribution >= 4 is 28.8 Å². The second-order valence-electron chi connectivity index (χ2n) is 4.66. The van der Waals surface area contributed by atoms with Crippen LogP contribution in [0.1, 0.15) is 5.56 Å². The molecule has 2 aromatic carbocycles. The second kappa shape index (κ2) is 5.72. The maximum absolute atomic E-state index is 7.41. The molecule has 4 heteroatoms. The molecule has 0 spiro atoms. The Balaban J connectivity index is 1.90. The lowest BCUT2D eigenvalue weighted by Gasteiger charge is -2.01. The second-order valence-corrected chi connectivity index (χ2v) is 6.18. The molecule has 0 aliphatic carbocycles. The molecule has 1 aromatic heterocycles. The van der Waals surface area contributed by atoms with Gasteiger partial charge in [0.2, 0.25) is 0 Å². The number of benzene rings is 2. The Kier molecular flexibility index (Phi) is 3.78. The van der Waals surface area contributed by atoms with Gasteiger partial charge in [0.25, 0.3) is 0 Å². The highest BCUT2D eigenvalue weighted by atomic mass is 35.5. The molecular formula is C17H13ClN2S. The van der Waals surface area contributed by atoms with Gasteiger partial charge in [-0.3, -0.25) is 5.41 Å². The zero-order valence-corrected chi connectivity index (χ0v) is 12.7. The SMILES string of the molecule is N=C(N)c1ccc(-c2ccc(-c3ccc(Cl)cc3)s2)cc1. The van der Waals surface area contributed by atoms with Crippen LogP contribution in [0.4, 0.5) is 0 Å². The Morgan fingerprint density at radius 2 is 1.29 bits per heavy atom. The van der Waals surface area contributed by atoms with Crippen LogP contribution in [0, 0.1) is 5.41 Å². The number of rotatable bonds is 3. The summed E-state index contributed by atoms with van der Waals surface area (Å²) in [6, 6.07) is 19.8. The lowest BCUT2D eigenvalue weighted by molar-refractivity contribution is 1.43. The minimum absolute atomic E-state index is 0.0922. The quantitative estimate of drug-likeness (QED) is 0.518. The number of nitrogen functional groups attached to an aromatic ring is 1. The molecule has 0 amide bonds. The first-order chi connectivity index (χ1) is 10.1. The molecule has 0 atom stereocenters. The van der Waals surface area contributed by atoms with Crippen molar-refractivity contribution in [2.45, 2.75) is 0 Å². The van der Waals surface area contributed by atoms with Gasteiger partial charge in [0, 0.05) is 20.3 Å². The Bertz CT molecular complexity index is 773. The molecule has 3 rings (SSSR count). The minimum Gasteiger partial charge on any atom is -0.384 e. The zero-order valence-electron chi connectivity index (χ0n) is 11.1. The topological polar surface area (TPSA) is 49.9 Å². The van der Waals surface area contributed by atoms with Crippen molar-refractivity contribution in [3.05, 3.63) is 71.2 Å². The Morgan fingerprint density at radius 3 is 1.76 bits per heavy atom. The minimum atomic E-state index is 0.0922. The smallest absolute Gasteiger partial charge is 0.122 e. The third-order valence-corrected chi connectivity index (χ3v) is 4.65. The molecule has 0 bridgehead atoms. The highest BCUT2D eigenvalue weighted by Gasteiger charge is 2.05. The van der Waals surface area contributed by atoms with E-state index in [4.69, 9.17) is 22.7 Å². The van der Waals surface area contributed by atoms with E-state index in [1.807, 2.05) is 48.5 Å². The third kappa shape index (κ3) is 2.99. The monoisotopic (exact) mass is 312 g/mol. The molecule has 104 valence electrons. The molecule has 0 fully saturated rings. The predicted octanol–water partition coefficient (Wildman–Crippen LogP) is 5.02. The highest BCUT2D eigenvalue weighted by molar-refractivity contribution is 7.18. The fraction of sp³-hybridized carbons (Fsp3) is 0. The summed E-state index contributed by atoms with van der Waals surface area (Å²) in [6.07, 6.45) is 0. The standard InChI is InChI=1S/C17H13ClN2S/c18-14-7-5-12(6-8-14)16-10-9-15(21-16)11-1-3-13(4-2-11)17(19)20/h1-10H,(H3,19,20). The normalized spacial score (nSPS) is 10.5. The van der Waals surface area contributed by atoms with Crippen LogP contribution in [-0.2, 0) is 0 Å². The predicted molar refractivity (Wildman–Crippen MR) is 91.2 cm³/mol. The van der Waals surface area contributed by atoms with E-state index in [0.717, 1.165) is 21.7 Å². The Hall–Kier alpha value is -2.10. The van der Waals surface area contributed by atoms with Gasteiger partial charge in [-0.15, -0.1) is 11.3 Å². The first-order valence-electron chi connectivity index (χ1n) is 6.44. The summed E-state index contributed by atoms with van der Waals surface area (Å²) in [5.74, 6) is 0.0922. The van der Waals surface area contributed by atoms with Crippen molar-refractivity contribution in [1.29, 1.82) is 5.41 Å². The van der Waals surface area contributed by atoms with Crippen molar-refractivity contribution in [3.63, 3.8) is 0 Å². The third-order valence-electron chi connectivity index (χ3n) is 3.22. The zero-order chi connectivity index (χ0) is 14.8. The number of nitrogens with two attached hydrogens (primary N) is 1. The number of amidine groups is 1. The first kappa shape index (κ1) is 13.9. The van der Waals surface area contributed by atoms with E-state index in [2.05, 4.69) is 12.1 Å². The summed E-state index contributed by atoms with van der Waals surface area (Å²) in [7, 11) is 0. The summed E-state index contributed by atoms with van der Waals surface area (Å²) in [6.45, 7) is 0. The van der Waals surface area contributed by atoms with Crippen molar-refractivity contribution in [3.8, 4) is 20.9 Å². The molecule has 0 radical (unpaired) electrons. The van der Waals surface area contributed by atoms with E-state index in [-0.39, 0.29) is 5.84 Å². The summed E-state index contributed by atoms with van der Waals surface area (Å²) >= 11 is 7.65. The summed E-state index contributed by atoms with van der Waals surface area (Å²) in [4.78, 5) is 2.40. The van der Waals surface area contributed by atoms with Gasteiger partial charge in [0.15, 0.2) is 0 Å². The number of thiophene rings is 1. The number of halogens is 1. The maximum atomic E-state index is 7.41. The van der Waals surface area contributed by atoms with Crippen LogP contribution in [0.15, 0.2) is 60.7 Å². The van der Waals surface area contributed by atoms with Crippen LogP contribution in [0.3, 0.4) is 0 Å². The van der Waals surface area contributed by atoms with Crippen molar-refractivity contribution < 1.29 is 0 Å². The van der Waals surface area contributed by atoms with Crippen LogP contribution in [0.5, 0.6) is 0 Å². The molecule has 21 heavy (non-hydrogen) atoms. The molecule has 0 aliphatic heterocycles. The molecule has 0 saturated heterocycles. The molecule has 0 saturated carbocycles. The van der Waals surface area contributed by atoms with Gasteiger partial charge in [0.05, 0.1) is 0 Å². The van der Waals surface area contributed by atoms with Crippen LogP contribution >= 0.6 is 22.9 Å². The van der Waals surface area contributed by atoms with Crippen molar-refractivity contribution in [1.82, 2.24) is 0 Å². The lowest BCUT2D eigenvalue weighted by atomic mass is 10.1. The van der Waals surface area contributed by atoms with E-state index < -0.39 is 0 Å². The van der Waals surface area contributed by atoms with Crippen LogP contribution in [-0.4, -0.2) is 5.84 Å². The Labute approximate surface area is 132 Å². The number of hydrogen-bond acceptors (Lipinski definition) is 2. The molecular weight excluding hydrogens is 300 g/mol. The molecule has 3 aromatic rings. The average Bonchev–Trinajstić information content (AvgIpc) is 2.98. The van der Waals surface area contributed by atoms with E-state index >= 15 is 0 Å². The fourth-order valence-electron chi connectivity index (χ4n) is 2.08. The largest absolute Gasteiger partial charge is 0.384 e. The van der Waals surface area contributed by atoms with Crippen LogP contribution in [0.25, 0.3) is 20.9 Å².